The lowest BCUT2D eigenvalue weighted by Gasteiger charge is -2.38. The van der Waals surface area contributed by atoms with Crippen LogP contribution in [-0.2, 0) is 20.4 Å². The predicted octanol–water partition coefficient (Wildman–Crippen LogP) is 2.31. The molecule has 1 saturated heterocycles. The van der Waals surface area contributed by atoms with Crippen molar-refractivity contribution in [3.63, 3.8) is 0 Å². The summed E-state index contributed by atoms with van der Waals surface area (Å²) in [4.78, 5) is 12.4. The molecule has 3 aliphatic heterocycles. The molecule has 5 rings (SSSR count). The summed E-state index contributed by atoms with van der Waals surface area (Å²) in [6.07, 6.45) is 1.20. The number of esters is 1. The summed E-state index contributed by atoms with van der Waals surface area (Å²) in [5, 5.41) is 0. The van der Waals surface area contributed by atoms with Gasteiger partial charge in [0.1, 0.15) is 13.2 Å². The number of nitrogens with zero attached hydrogens (tertiary/aromatic N) is 1. The molecule has 0 N–H and O–H groups in total. The molecule has 1 spiro atoms. The van der Waals surface area contributed by atoms with Gasteiger partial charge in [0.15, 0.2) is 17.1 Å². The van der Waals surface area contributed by atoms with Crippen LogP contribution < -0.4 is 9.47 Å². The molecule has 0 aromatic heterocycles. The van der Waals surface area contributed by atoms with Crippen molar-refractivity contribution in [3.05, 3.63) is 53.6 Å². The van der Waals surface area contributed by atoms with Crippen molar-refractivity contribution >= 4 is 16.0 Å². The fourth-order valence-corrected chi connectivity index (χ4v) is 5.71. The van der Waals surface area contributed by atoms with Gasteiger partial charge in [0.2, 0.25) is 10.0 Å². The van der Waals surface area contributed by atoms with Crippen molar-refractivity contribution in [2.75, 3.05) is 26.3 Å². The predicted molar refractivity (Wildman–Crippen MR) is 99.0 cm³/mol. The van der Waals surface area contributed by atoms with Crippen molar-refractivity contribution in [1.29, 1.82) is 0 Å². The molecule has 0 radical (unpaired) electrons. The fourth-order valence-electron chi connectivity index (χ4n) is 4.17. The second-order valence-electron chi connectivity index (χ2n) is 7.18. The van der Waals surface area contributed by atoms with Gasteiger partial charge in [-0.05, 0) is 31.0 Å². The molecule has 3 aliphatic rings. The lowest BCUT2D eigenvalue weighted by atomic mass is 9.86. The summed E-state index contributed by atoms with van der Waals surface area (Å²) < 4.78 is 44.7. The van der Waals surface area contributed by atoms with Crippen LogP contribution in [0.3, 0.4) is 0 Å². The number of carbonyl (C=O) groups excluding carboxylic acids is 1. The van der Waals surface area contributed by atoms with Crippen LogP contribution in [0.2, 0.25) is 0 Å². The van der Waals surface area contributed by atoms with E-state index in [0.717, 1.165) is 5.56 Å². The van der Waals surface area contributed by atoms with Crippen molar-refractivity contribution in [1.82, 2.24) is 4.31 Å². The minimum atomic E-state index is -3.77. The molecule has 0 saturated carbocycles. The fraction of sp³-hybridized carbons (Fsp3) is 0.350. The Morgan fingerprint density at radius 1 is 1.00 bits per heavy atom. The first-order valence-corrected chi connectivity index (χ1v) is 10.7. The summed E-state index contributed by atoms with van der Waals surface area (Å²) in [5.41, 5.74) is 0.357. The topological polar surface area (TPSA) is 82.1 Å². The van der Waals surface area contributed by atoms with E-state index in [1.165, 1.54) is 16.4 Å². The van der Waals surface area contributed by atoms with E-state index in [1.807, 2.05) is 12.1 Å². The second-order valence-corrected chi connectivity index (χ2v) is 9.11. The number of rotatable bonds is 2. The van der Waals surface area contributed by atoms with Gasteiger partial charge in [0.05, 0.1) is 17.0 Å². The number of sulfonamides is 1. The van der Waals surface area contributed by atoms with Gasteiger partial charge >= 0.3 is 5.97 Å². The third-order valence-electron chi connectivity index (χ3n) is 5.50. The smallest absolute Gasteiger partial charge is 0.339 e. The van der Waals surface area contributed by atoms with Crippen LogP contribution >= 0.6 is 0 Å². The van der Waals surface area contributed by atoms with Gasteiger partial charge < -0.3 is 14.2 Å². The molecular weight excluding hydrogens is 382 g/mol. The van der Waals surface area contributed by atoms with Crippen LogP contribution in [0.15, 0.2) is 47.4 Å². The van der Waals surface area contributed by atoms with Crippen molar-refractivity contribution < 1.29 is 27.4 Å². The Morgan fingerprint density at radius 3 is 2.64 bits per heavy atom. The Hall–Kier alpha value is -2.58. The number of ether oxygens (including phenoxy) is 3. The normalized spacial score (nSPS) is 24.1. The third-order valence-corrected chi connectivity index (χ3v) is 7.34. The molecule has 1 fully saturated rings. The Morgan fingerprint density at radius 2 is 1.79 bits per heavy atom. The molecule has 0 aliphatic carbocycles. The van der Waals surface area contributed by atoms with Gasteiger partial charge in [-0.1, -0.05) is 18.2 Å². The van der Waals surface area contributed by atoms with Gasteiger partial charge in [-0.3, -0.25) is 0 Å². The van der Waals surface area contributed by atoms with Crippen molar-refractivity contribution in [3.8, 4) is 11.5 Å². The maximum absolute atomic E-state index is 13.3. The number of benzene rings is 2. The van der Waals surface area contributed by atoms with E-state index in [-0.39, 0.29) is 11.4 Å². The zero-order valence-corrected chi connectivity index (χ0v) is 15.9. The zero-order chi connectivity index (χ0) is 19.4. The van der Waals surface area contributed by atoms with Crippen LogP contribution in [0, 0.1) is 0 Å². The summed E-state index contributed by atoms with van der Waals surface area (Å²) in [7, 11) is -3.77. The lowest BCUT2D eigenvalue weighted by Crippen LogP contribution is -2.48. The molecule has 1 unspecified atom stereocenters. The van der Waals surface area contributed by atoms with Gasteiger partial charge in [-0.15, -0.1) is 0 Å². The molecular formula is C20H19NO6S. The summed E-state index contributed by atoms with van der Waals surface area (Å²) in [6, 6.07) is 11.8. The highest BCUT2D eigenvalue weighted by molar-refractivity contribution is 7.89. The van der Waals surface area contributed by atoms with E-state index in [9.17, 15) is 13.2 Å². The average molecular weight is 401 g/mol. The molecule has 28 heavy (non-hydrogen) atoms. The van der Waals surface area contributed by atoms with Crippen LogP contribution in [0.25, 0.3) is 0 Å². The van der Waals surface area contributed by atoms with Crippen molar-refractivity contribution in [2.24, 2.45) is 0 Å². The molecule has 2 aromatic carbocycles. The van der Waals surface area contributed by atoms with E-state index in [4.69, 9.17) is 14.2 Å². The minimum Gasteiger partial charge on any atom is -0.486 e. The first-order chi connectivity index (χ1) is 13.5. The maximum Gasteiger partial charge on any atom is 0.339 e. The molecule has 3 heterocycles. The zero-order valence-electron chi connectivity index (χ0n) is 15.1. The SMILES string of the molecule is O=C1OC2(CCCN(S(=O)(=O)c3ccc4c(c3)OCCO4)C2)c2ccccc21. The highest BCUT2D eigenvalue weighted by Crippen LogP contribution is 2.44. The molecule has 146 valence electrons. The van der Waals surface area contributed by atoms with E-state index in [1.54, 1.807) is 18.2 Å². The second kappa shape index (κ2) is 6.22. The number of piperidine rings is 1. The maximum atomic E-state index is 13.3. The van der Waals surface area contributed by atoms with Gasteiger partial charge in [-0.2, -0.15) is 4.31 Å². The Kier molecular flexibility index (Phi) is 3.89. The Balaban J connectivity index is 1.49. The first-order valence-electron chi connectivity index (χ1n) is 9.22. The summed E-state index contributed by atoms with van der Waals surface area (Å²) >= 11 is 0. The first kappa shape index (κ1) is 17.5. The van der Waals surface area contributed by atoms with Gasteiger partial charge in [0, 0.05) is 18.2 Å². The monoisotopic (exact) mass is 401 g/mol. The quantitative estimate of drug-likeness (QED) is 0.719. The molecule has 8 heteroatoms. The number of hydrogen-bond donors (Lipinski definition) is 0. The van der Waals surface area contributed by atoms with E-state index >= 15 is 0 Å². The van der Waals surface area contributed by atoms with Crippen LogP contribution in [0.1, 0.15) is 28.8 Å². The third kappa shape index (κ3) is 2.59. The van der Waals surface area contributed by atoms with Gasteiger partial charge in [0.25, 0.3) is 0 Å². The Labute approximate surface area is 162 Å². The highest BCUT2D eigenvalue weighted by Gasteiger charge is 2.50. The van der Waals surface area contributed by atoms with E-state index < -0.39 is 21.6 Å². The number of carbonyl (C=O) groups is 1. The molecule has 1 atom stereocenters. The standard InChI is InChI=1S/C20H19NO6S/c22-19-15-4-1-2-5-16(15)20(27-19)8-3-9-21(13-20)28(23,24)14-6-7-17-18(12-14)26-11-10-25-17/h1-2,4-7,12H,3,8-11,13H2. The molecule has 2 aromatic rings. The average Bonchev–Trinajstić information content (AvgIpc) is 2.99. The lowest BCUT2D eigenvalue weighted by molar-refractivity contribution is -0.0345. The van der Waals surface area contributed by atoms with Crippen molar-refractivity contribution in [2.45, 2.75) is 23.3 Å². The number of fused-ring (bicyclic) bond motifs is 3. The van der Waals surface area contributed by atoms with Crippen LogP contribution in [0.5, 0.6) is 11.5 Å². The summed E-state index contributed by atoms with van der Waals surface area (Å²) in [6.45, 7) is 1.30. The molecule has 0 amide bonds. The minimum absolute atomic E-state index is 0.104. The largest absolute Gasteiger partial charge is 0.486 e. The highest BCUT2D eigenvalue weighted by atomic mass is 32.2. The molecule has 7 nitrogen and oxygen atoms in total. The number of hydrogen-bond acceptors (Lipinski definition) is 6. The van der Waals surface area contributed by atoms with E-state index in [0.29, 0.717) is 49.7 Å². The van der Waals surface area contributed by atoms with Gasteiger partial charge in [-0.25, -0.2) is 13.2 Å². The van der Waals surface area contributed by atoms with Crippen LogP contribution in [0.4, 0.5) is 0 Å². The Bertz CT molecular complexity index is 1070. The van der Waals surface area contributed by atoms with E-state index in [2.05, 4.69) is 0 Å². The summed E-state index contributed by atoms with van der Waals surface area (Å²) in [5.74, 6) is 0.574. The van der Waals surface area contributed by atoms with Crippen LogP contribution in [-0.4, -0.2) is 45.0 Å². The molecule has 0 bridgehead atoms.